The minimum Gasteiger partial charge on any atom is -0.335 e. The summed E-state index contributed by atoms with van der Waals surface area (Å²) in [5.41, 5.74) is 2.01. The van der Waals surface area contributed by atoms with Gasteiger partial charge in [0.25, 0.3) is 10.0 Å². The molecule has 0 bridgehead atoms. The quantitative estimate of drug-likeness (QED) is 0.752. The highest BCUT2D eigenvalue weighted by molar-refractivity contribution is 7.92. The highest BCUT2D eigenvalue weighted by atomic mass is 32.2. The van der Waals surface area contributed by atoms with E-state index in [0.717, 1.165) is 49.8 Å². The van der Waals surface area contributed by atoms with E-state index in [1.54, 1.807) is 12.1 Å². The van der Waals surface area contributed by atoms with Crippen LogP contribution in [0.25, 0.3) is 0 Å². The summed E-state index contributed by atoms with van der Waals surface area (Å²) < 4.78 is 40.9. The Balaban J connectivity index is 1.55. The molecule has 1 aliphatic carbocycles. The van der Waals surface area contributed by atoms with Gasteiger partial charge < -0.3 is 10.6 Å². The highest BCUT2D eigenvalue weighted by Crippen LogP contribution is 2.34. The Morgan fingerprint density at radius 3 is 2.47 bits per heavy atom. The summed E-state index contributed by atoms with van der Waals surface area (Å²) in [4.78, 5) is 12.4. The molecule has 2 N–H and O–H groups in total. The molecule has 160 valence electrons. The summed E-state index contributed by atoms with van der Waals surface area (Å²) in [6.45, 7) is 0.338. The number of rotatable bonds is 4. The van der Waals surface area contributed by atoms with E-state index < -0.39 is 15.8 Å². The van der Waals surface area contributed by atoms with Crippen molar-refractivity contribution in [2.24, 2.45) is 0 Å². The molecule has 6 nitrogen and oxygen atoms in total. The van der Waals surface area contributed by atoms with Crippen LogP contribution in [0, 0.1) is 5.82 Å². The van der Waals surface area contributed by atoms with E-state index in [-0.39, 0.29) is 17.0 Å². The van der Waals surface area contributed by atoms with E-state index in [1.807, 2.05) is 6.07 Å². The molecule has 8 heteroatoms. The van der Waals surface area contributed by atoms with Crippen molar-refractivity contribution in [3.05, 3.63) is 53.8 Å². The van der Waals surface area contributed by atoms with Gasteiger partial charge >= 0.3 is 6.03 Å². The van der Waals surface area contributed by atoms with Crippen molar-refractivity contribution >= 4 is 27.4 Å². The average molecular weight is 432 g/mol. The van der Waals surface area contributed by atoms with Crippen molar-refractivity contribution in [2.45, 2.75) is 55.9 Å². The van der Waals surface area contributed by atoms with Crippen LogP contribution in [0.1, 0.15) is 44.1 Å². The number of hydrogen-bond acceptors (Lipinski definition) is 3. The second-order valence-corrected chi connectivity index (χ2v) is 9.77. The number of amides is 2. The molecule has 0 atom stereocenters. The fourth-order valence-corrected chi connectivity index (χ4v) is 5.73. The Bertz CT molecular complexity index is 1020. The third-order valence-electron chi connectivity index (χ3n) is 5.76. The lowest BCUT2D eigenvalue weighted by molar-refractivity contribution is 0.244. The molecule has 1 aliphatic heterocycles. The first-order chi connectivity index (χ1) is 14.4. The van der Waals surface area contributed by atoms with Gasteiger partial charge in [-0.15, -0.1) is 0 Å². The predicted molar refractivity (Wildman–Crippen MR) is 115 cm³/mol. The van der Waals surface area contributed by atoms with Gasteiger partial charge in [0.05, 0.1) is 10.6 Å². The minimum absolute atomic E-state index is 0.0464. The second kappa shape index (κ2) is 8.63. The molecule has 0 aromatic heterocycles. The number of nitrogens with one attached hydrogen (secondary N) is 2. The van der Waals surface area contributed by atoms with Crippen molar-refractivity contribution in [1.29, 1.82) is 0 Å². The summed E-state index contributed by atoms with van der Waals surface area (Å²) in [7, 11) is -3.82. The van der Waals surface area contributed by atoms with E-state index in [2.05, 4.69) is 10.6 Å². The molecule has 30 heavy (non-hydrogen) atoms. The molecule has 1 saturated carbocycles. The van der Waals surface area contributed by atoms with E-state index in [0.29, 0.717) is 24.3 Å². The third-order valence-corrected chi connectivity index (χ3v) is 7.59. The van der Waals surface area contributed by atoms with Gasteiger partial charge in [-0.3, -0.25) is 4.31 Å². The second-order valence-electron chi connectivity index (χ2n) is 7.91. The van der Waals surface area contributed by atoms with Crippen LogP contribution >= 0.6 is 0 Å². The van der Waals surface area contributed by atoms with Crippen LogP contribution in [-0.2, 0) is 16.4 Å². The van der Waals surface area contributed by atoms with Crippen LogP contribution in [0.3, 0.4) is 0 Å². The van der Waals surface area contributed by atoms with Gasteiger partial charge in [0.15, 0.2) is 0 Å². The van der Waals surface area contributed by atoms with Gasteiger partial charge in [0.2, 0.25) is 0 Å². The standard InChI is InChI=1S/C22H26FN3O3S/c23-17-9-12-20(13-10-17)30(28,29)26-14-4-5-16-8-11-19(15-21(16)26)25-22(27)24-18-6-2-1-3-7-18/h8-13,15,18H,1-7,14H2,(H2,24,25,27). The Morgan fingerprint density at radius 1 is 1.00 bits per heavy atom. The number of halogens is 1. The van der Waals surface area contributed by atoms with E-state index in [1.165, 1.54) is 22.9 Å². The van der Waals surface area contributed by atoms with Crippen LogP contribution in [0.4, 0.5) is 20.6 Å². The Hall–Kier alpha value is -2.61. The Labute approximate surface area is 176 Å². The summed E-state index contributed by atoms with van der Waals surface area (Å²) >= 11 is 0. The number of sulfonamides is 1. The summed E-state index contributed by atoms with van der Waals surface area (Å²) in [6.07, 6.45) is 6.90. The zero-order chi connectivity index (χ0) is 21.1. The van der Waals surface area contributed by atoms with Crippen LogP contribution in [0.2, 0.25) is 0 Å². The van der Waals surface area contributed by atoms with Crippen molar-refractivity contribution in [3.63, 3.8) is 0 Å². The minimum atomic E-state index is -3.82. The number of carbonyl (C=O) groups excluding carboxylic acids is 1. The zero-order valence-corrected chi connectivity index (χ0v) is 17.6. The molecular weight excluding hydrogens is 405 g/mol. The molecule has 2 aromatic rings. The SMILES string of the molecule is O=C(Nc1ccc2c(c1)N(S(=O)(=O)c1ccc(F)cc1)CCC2)NC1CCCCC1. The van der Waals surface area contributed by atoms with Gasteiger partial charge in [-0.2, -0.15) is 0 Å². The number of urea groups is 1. The first-order valence-electron chi connectivity index (χ1n) is 10.4. The molecular formula is C22H26FN3O3S. The lowest BCUT2D eigenvalue weighted by Gasteiger charge is -2.31. The van der Waals surface area contributed by atoms with Crippen LogP contribution < -0.4 is 14.9 Å². The molecule has 0 saturated heterocycles. The number of carbonyl (C=O) groups is 1. The monoisotopic (exact) mass is 431 g/mol. The molecule has 1 heterocycles. The Kier molecular flexibility index (Phi) is 5.94. The smallest absolute Gasteiger partial charge is 0.319 e. The summed E-state index contributed by atoms with van der Waals surface area (Å²) in [5, 5.41) is 5.84. The number of anilines is 2. The fourth-order valence-electron chi connectivity index (χ4n) is 4.20. The number of benzene rings is 2. The number of nitrogens with zero attached hydrogens (tertiary/aromatic N) is 1. The van der Waals surface area contributed by atoms with E-state index in [9.17, 15) is 17.6 Å². The lowest BCUT2D eigenvalue weighted by Crippen LogP contribution is -2.39. The normalized spacial score (nSPS) is 17.3. The van der Waals surface area contributed by atoms with Crippen molar-refractivity contribution < 1.29 is 17.6 Å². The van der Waals surface area contributed by atoms with Gasteiger partial charge in [-0.25, -0.2) is 17.6 Å². The van der Waals surface area contributed by atoms with Crippen molar-refractivity contribution in [3.8, 4) is 0 Å². The lowest BCUT2D eigenvalue weighted by atomic mass is 9.96. The summed E-state index contributed by atoms with van der Waals surface area (Å²) in [6, 6.07) is 10.1. The average Bonchev–Trinajstić information content (AvgIpc) is 2.74. The molecule has 0 radical (unpaired) electrons. The fraction of sp³-hybridized carbons (Fsp3) is 0.409. The molecule has 0 unspecified atom stereocenters. The first-order valence-corrected chi connectivity index (χ1v) is 11.9. The molecule has 2 aliphatic rings. The van der Waals surface area contributed by atoms with Gasteiger partial charge in [0.1, 0.15) is 5.82 Å². The maximum atomic E-state index is 13.2. The third kappa shape index (κ3) is 4.43. The van der Waals surface area contributed by atoms with E-state index >= 15 is 0 Å². The zero-order valence-electron chi connectivity index (χ0n) is 16.7. The maximum absolute atomic E-state index is 13.2. The van der Waals surface area contributed by atoms with Gasteiger partial charge in [-0.05, 0) is 67.6 Å². The molecule has 1 fully saturated rings. The largest absolute Gasteiger partial charge is 0.335 e. The molecule has 4 rings (SSSR count). The number of hydrogen-bond donors (Lipinski definition) is 2. The van der Waals surface area contributed by atoms with Gasteiger partial charge in [-0.1, -0.05) is 25.3 Å². The predicted octanol–water partition coefficient (Wildman–Crippen LogP) is 4.42. The van der Waals surface area contributed by atoms with Crippen LogP contribution in [-0.4, -0.2) is 27.0 Å². The Morgan fingerprint density at radius 2 is 1.73 bits per heavy atom. The van der Waals surface area contributed by atoms with Crippen LogP contribution in [0.15, 0.2) is 47.4 Å². The van der Waals surface area contributed by atoms with Crippen molar-refractivity contribution in [1.82, 2.24) is 5.32 Å². The number of aryl methyl sites for hydroxylation is 1. The first kappa shape index (κ1) is 20.7. The number of fused-ring (bicyclic) bond motifs is 1. The van der Waals surface area contributed by atoms with Crippen molar-refractivity contribution in [2.75, 3.05) is 16.2 Å². The maximum Gasteiger partial charge on any atom is 0.319 e. The topological polar surface area (TPSA) is 78.5 Å². The highest BCUT2D eigenvalue weighted by Gasteiger charge is 2.29. The van der Waals surface area contributed by atoms with E-state index in [4.69, 9.17) is 0 Å². The summed E-state index contributed by atoms with van der Waals surface area (Å²) in [5.74, 6) is -0.483. The molecule has 0 spiro atoms. The van der Waals surface area contributed by atoms with Crippen LogP contribution in [0.5, 0.6) is 0 Å². The molecule has 2 amide bonds. The van der Waals surface area contributed by atoms with Gasteiger partial charge in [0, 0.05) is 18.3 Å². The molecule has 2 aromatic carbocycles.